The summed E-state index contributed by atoms with van der Waals surface area (Å²) in [7, 11) is 0. The van der Waals surface area contributed by atoms with Gasteiger partial charge in [-0.05, 0) is 18.6 Å². The summed E-state index contributed by atoms with van der Waals surface area (Å²) in [6.45, 7) is 1.99. The molecule has 0 bridgehead atoms. The van der Waals surface area contributed by atoms with Gasteiger partial charge in [-0.1, -0.05) is 41.4 Å². The minimum Gasteiger partial charge on any atom is -0.398 e. The summed E-state index contributed by atoms with van der Waals surface area (Å²) >= 11 is 5.91. The van der Waals surface area contributed by atoms with E-state index in [0.29, 0.717) is 11.3 Å². The normalized spacial score (nSPS) is 10.3. The Labute approximate surface area is 111 Å². The van der Waals surface area contributed by atoms with Gasteiger partial charge in [0.15, 0.2) is 5.78 Å². The highest BCUT2D eigenvalue weighted by molar-refractivity contribution is 6.33. The lowest BCUT2D eigenvalue weighted by Gasteiger charge is -2.06. The molecule has 0 unspecified atom stereocenters. The van der Waals surface area contributed by atoms with Crippen LogP contribution in [0.2, 0.25) is 5.15 Å². The van der Waals surface area contributed by atoms with E-state index in [4.69, 9.17) is 17.3 Å². The summed E-state index contributed by atoms with van der Waals surface area (Å²) in [6, 6.07) is 9.37. The van der Waals surface area contributed by atoms with E-state index in [-0.39, 0.29) is 17.4 Å². The van der Waals surface area contributed by atoms with Gasteiger partial charge in [0, 0.05) is 18.3 Å². The number of carbonyl (C=O) groups excluding carboxylic acids is 1. The Morgan fingerprint density at radius 1 is 1.39 bits per heavy atom. The van der Waals surface area contributed by atoms with E-state index in [1.807, 2.05) is 31.2 Å². The van der Waals surface area contributed by atoms with Crippen LogP contribution in [0.15, 0.2) is 36.5 Å². The molecular formula is C14H13ClN2O. The van der Waals surface area contributed by atoms with Crippen molar-refractivity contribution in [2.75, 3.05) is 5.73 Å². The third kappa shape index (κ3) is 2.68. The minimum absolute atomic E-state index is 0.115. The number of pyridine rings is 1. The summed E-state index contributed by atoms with van der Waals surface area (Å²) in [4.78, 5) is 16.0. The van der Waals surface area contributed by atoms with Crippen molar-refractivity contribution in [3.05, 3.63) is 58.4 Å². The minimum atomic E-state index is -0.115. The van der Waals surface area contributed by atoms with Gasteiger partial charge in [-0.15, -0.1) is 0 Å². The first-order chi connectivity index (χ1) is 8.58. The van der Waals surface area contributed by atoms with Gasteiger partial charge in [0.05, 0.1) is 5.56 Å². The predicted octanol–water partition coefficient (Wildman–Crippen LogP) is 3.05. The van der Waals surface area contributed by atoms with E-state index in [0.717, 1.165) is 11.1 Å². The first-order valence-electron chi connectivity index (χ1n) is 5.56. The van der Waals surface area contributed by atoms with Gasteiger partial charge >= 0.3 is 0 Å². The van der Waals surface area contributed by atoms with Gasteiger partial charge in [-0.25, -0.2) is 4.98 Å². The summed E-state index contributed by atoms with van der Waals surface area (Å²) < 4.78 is 0. The standard InChI is InChI=1S/C14H13ClN2O/c1-9-3-2-4-10(7-9)8-12(18)13-11(16)5-6-17-14(13)15/h2-7H,8H2,1H3,(H2,16,17). The number of nitrogen functional groups attached to an aromatic ring is 1. The van der Waals surface area contributed by atoms with Crippen molar-refractivity contribution >= 4 is 23.1 Å². The predicted molar refractivity (Wildman–Crippen MR) is 72.9 cm³/mol. The lowest BCUT2D eigenvalue weighted by Crippen LogP contribution is -2.08. The summed E-state index contributed by atoms with van der Waals surface area (Å²) in [5, 5.41) is 0.160. The number of aromatic nitrogens is 1. The topological polar surface area (TPSA) is 56.0 Å². The second kappa shape index (κ2) is 5.19. The number of anilines is 1. The summed E-state index contributed by atoms with van der Waals surface area (Å²) in [5.74, 6) is -0.115. The lowest BCUT2D eigenvalue weighted by molar-refractivity contribution is 0.0993. The molecule has 1 aromatic heterocycles. The molecule has 0 atom stereocenters. The zero-order valence-electron chi connectivity index (χ0n) is 9.98. The van der Waals surface area contributed by atoms with Crippen molar-refractivity contribution in [2.45, 2.75) is 13.3 Å². The summed E-state index contributed by atoms with van der Waals surface area (Å²) in [5.41, 5.74) is 8.50. The number of aryl methyl sites for hydroxylation is 1. The molecule has 2 rings (SSSR count). The van der Waals surface area contributed by atoms with Crippen molar-refractivity contribution in [3.8, 4) is 0 Å². The van der Waals surface area contributed by atoms with Crippen LogP contribution in [0, 0.1) is 6.92 Å². The van der Waals surface area contributed by atoms with Crippen LogP contribution < -0.4 is 5.73 Å². The number of hydrogen-bond donors (Lipinski definition) is 1. The molecule has 0 fully saturated rings. The molecule has 3 nitrogen and oxygen atoms in total. The number of benzene rings is 1. The molecule has 2 aromatic rings. The van der Waals surface area contributed by atoms with E-state index in [1.165, 1.54) is 6.20 Å². The summed E-state index contributed by atoms with van der Waals surface area (Å²) in [6.07, 6.45) is 1.76. The molecule has 0 spiro atoms. The zero-order valence-corrected chi connectivity index (χ0v) is 10.7. The highest BCUT2D eigenvalue weighted by atomic mass is 35.5. The molecule has 0 saturated heterocycles. The number of nitrogens with two attached hydrogens (primary N) is 1. The number of carbonyl (C=O) groups is 1. The molecule has 4 heteroatoms. The third-order valence-electron chi connectivity index (χ3n) is 2.66. The number of halogens is 1. The van der Waals surface area contributed by atoms with Crippen LogP contribution in [0.5, 0.6) is 0 Å². The third-order valence-corrected chi connectivity index (χ3v) is 2.95. The van der Waals surface area contributed by atoms with E-state index in [2.05, 4.69) is 4.98 Å². The van der Waals surface area contributed by atoms with E-state index >= 15 is 0 Å². The quantitative estimate of drug-likeness (QED) is 0.682. The highest BCUT2D eigenvalue weighted by Gasteiger charge is 2.15. The second-order valence-corrected chi connectivity index (χ2v) is 4.51. The average Bonchev–Trinajstić information content (AvgIpc) is 2.28. The van der Waals surface area contributed by atoms with E-state index < -0.39 is 0 Å². The van der Waals surface area contributed by atoms with Crippen LogP contribution >= 0.6 is 11.6 Å². The van der Waals surface area contributed by atoms with Crippen molar-refractivity contribution < 1.29 is 4.79 Å². The van der Waals surface area contributed by atoms with Crippen LogP contribution in [0.4, 0.5) is 5.69 Å². The zero-order chi connectivity index (χ0) is 13.1. The van der Waals surface area contributed by atoms with Crippen LogP contribution in [0.25, 0.3) is 0 Å². The molecule has 18 heavy (non-hydrogen) atoms. The maximum absolute atomic E-state index is 12.2. The van der Waals surface area contributed by atoms with Gasteiger partial charge in [-0.2, -0.15) is 0 Å². The van der Waals surface area contributed by atoms with Gasteiger partial charge in [0.25, 0.3) is 0 Å². The molecular weight excluding hydrogens is 248 g/mol. The molecule has 0 aliphatic carbocycles. The Balaban J connectivity index is 2.28. The Morgan fingerprint density at radius 2 is 2.17 bits per heavy atom. The fraction of sp³-hybridized carbons (Fsp3) is 0.143. The number of nitrogens with zero attached hydrogens (tertiary/aromatic N) is 1. The maximum atomic E-state index is 12.2. The van der Waals surface area contributed by atoms with Crippen molar-refractivity contribution in [2.24, 2.45) is 0 Å². The van der Waals surface area contributed by atoms with Crippen LogP contribution in [-0.4, -0.2) is 10.8 Å². The fourth-order valence-corrected chi connectivity index (χ4v) is 2.09. The number of ketones is 1. The van der Waals surface area contributed by atoms with Crippen LogP contribution in [0.1, 0.15) is 21.5 Å². The molecule has 0 amide bonds. The first kappa shape index (κ1) is 12.6. The lowest BCUT2D eigenvalue weighted by atomic mass is 10.0. The van der Waals surface area contributed by atoms with Gasteiger partial charge < -0.3 is 5.73 Å². The Kier molecular flexibility index (Phi) is 3.63. The SMILES string of the molecule is Cc1cccc(CC(=O)c2c(N)ccnc2Cl)c1. The molecule has 1 aromatic carbocycles. The molecule has 0 aliphatic heterocycles. The van der Waals surface area contributed by atoms with Gasteiger partial charge in [0.1, 0.15) is 5.15 Å². The Hall–Kier alpha value is -1.87. The average molecular weight is 261 g/mol. The molecule has 2 N–H and O–H groups in total. The number of rotatable bonds is 3. The smallest absolute Gasteiger partial charge is 0.172 e. The molecule has 0 saturated carbocycles. The molecule has 0 aliphatic rings. The van der Waals surface area contributed by atoms with Gasteiger partial charge in [0.2, 0.25) is 0 Å². The fourth-order valence-electron chi connectivity index (χ4n) is 1.82. The van der Waals surface area contributed by atoms with Crippen molar-refractivity contribution in [3.63, 3.8) is 0 Å². The Bertz CT molecular complexity index is 576. The van der Waals surface area contributed by atoms with Crippen LogP contribution in [-0.2, 0) is 6.42 Å². The highest BCUT2D eigenvalue weighted by Crippen LogP contribution is 2.21. The second-order valence-electron chi connectivity index (χ2n) is 4.15. The van der Waals surface area contributed by atoms with Crippen LogP contribution in [0.3, 0.4) is 0 Å². The van der Waals surface area contributed by atoms with Crippen molar-refractivity contribution in [1.82, 2.24) is 4.98 Å². The Morgan fingerprint density at radius 3 is 2.83 bits per heavy atom. The van der Waals surface area contributed by atoms with Gasteiger partial charge in [-0.3, -0.25) is 4.79 Å². The molecule has 0 radical (unpaired) electrons. The van der Waals surface area contributed by atoms with E-state index in [9.17, 15) is 4.79 Å². The monoisotopic (exact) mass is 260 g/mol. The van der Waals surface area contributed by atoms with E-state index in [1.54, 1.807) is 6.07 Å². The number of hydrogen-bond acceptors (Lipinski definition) is 3. The number of Topliss-reactive ketones (excluding diaryl/α,β-unsaturated/α-hetero) is 1. The molecule has 92 valence electrons. The van der Waals surface area contributed by atoms with Crippen molar-refractivity contribution in [1.29, 1.82) is 0 Å². The molecule has 1 heterocycles. The first-order valence-corrected chi connectivity index (χ1v) is 5.94. The maximum Gasteiger partial charge on any atom is 0.172 e. The largest absolute Gasteiger partial charge is 0.398 e.